The van der Waals surface area contributed by atoms with Crippen LogP contribution >= 0.6 is 0 Å². The Morgan fingerprint density at radius 3 is 2.45 bits per heavy atom. The standard InChI is InChI=1S/C19H30N2O/c1-6-11-21(12-7-2)18-10-9-17(13-19(18)22-8-3)15-20-14-16(4)5/h6-7,9-10,13,16,20H,1-2,8,11-12,14-15H2,3-5H3. The third-order valence-electron chi connectivity index (χ3n) is 3.25. The van der Waals surface area contributed by atoms with Crippen molar-refractivity contribution in [1.29, 1.82) is 0 Å². The maximum absolute atomic E-state index is 5.84. The minimum Gasteiger partial charge on any atom is -0.492 e. The van der Waals surface area contributed by atoms with E-state index in [-0.39, 0.29) is 0 Å². The highest BCUT2D eigenvalue weighted by Gasteiger charge is 2.11. The van der Waals surface area contributed by atoms with Gasteiger partial charge < -0.3 is 15.0 Å². The summed E-state index contributed by atoms with van der Waals surface area (Å²) in [5.41, 5.74) is 2.33. The van der Waals surface area contributed by atoms with Crippen molar-refractivity contribution < 1.29 is 4.74 Å². The molecule has 0 heterocycles. The van der Waals surface area contributed by atoms with Crippen LogP contribution in [0.4, 0.5) is 5.69 Å². The van der Waals surface area contributed by atoms with Crippen molar-refractivity contribution in [1.82, 2.24) is 5.32 Å². The third-order valence-corrected chi connectivity index (χ3v) is 3.25. The van der Waals surface area contributed by atoms with Gasteiger partial charge in [0.1, 0.15) is 5.75 Å². The number of anilines is 1. The fraction of sp³-hybridized carbons (Fsp3) is 0.474. The van der Waals surface area contributed by atoms with Gasteiger partial charge in [-0.15, -0.1) is 13.2 Å². The summed E-state index contributed by atoms with van der Waals surface area (Å²) in [4.78, 5) is 2.20. The van der Waals surface area contributed by atoms with Crippen LogP contribution in [0.2, 0.25) is 0 Å². The maximum atomic E-state index is 5.84. The molecule has 0 spiro atoms. The Kier molecular flexibility index (Phi) is 8.38. The number of ether oxygens (including phenoxy) is 1. The molecule has 1 N–H and O–H groups in total. The first-order chi connectivity index (χ1) is 10.6. The predicted octanol–water partition coefficient (Wildman–Crippen LogP) is 4.01. The average Bonchev–Trinajstić information content (AvgIpc) is 2.47. The topological polar surface area (TPSA) is 24.5 Å². The van der Waals surface area contributed by atoms with E-state index in [1.807, 2.05) is 19.1 Å². The summed E-state index contributed by atoms with van der Waals surface area (Å²) in [6, 6.07) is 6.42. The molecular weight excluding hydrogens is 272 g/mol. The van der Waals surface area contributed by atoms with Crippen LogP contribution in [0.15, 0.2) is 43.5 Å². The Morgan fingerprint density at radius 2 is 1.91 bits per heavy atom. The van der Waals surface area contributed by atoms with Crippen LogP contribution in [0.3, 0.4) is 0 Å². The van der Waals surface area contributed by atoms with Crippen molar-refractivity contribution in [2.75, 3.05) is 31.1 Å². The number of hydrogen-bond donors (Lipinski definition) is 1. The van der Waals surface area contributed by atoms with Gasteiger partial charge in [0.05, 0.1) is 12.3 Å². The molecule has 1 aromatic carbocycles. The Balaban J connectivity index is 2.92. The van der Waals surface area contributed by atoms with E-state index in [1.165, 1.54) is 5.56 Å². The van der Waals surface area contributed by atoms with Gasteiger partial charge in [-0.25, -0.2) is 0 Å². The molecule has 0 radical (unpaired) electrons. The fourth-order valence-electron chi connectivity index (χ4n) is 2.29. The number of rotatable bonds is 11. The molecule has 0 amide bonds. The van der Waals surface area contributed by atoms with Crippen LogP contribution in [0.25, 0.3) is 0 Å². The molecule has 1 rings (SSSR count). The van der Waals surface area contributed by atoms with E-state index >= 15 is 0 Å². The lowest BCUT2D eigenvalue weighted by atomic mass is 10.1. The van der Waals surface area contributed by atoms with Crippen LogP contribution in [0, 0.1) is 5.92 Å². The number of hydrogen-bond acceptors (Lipinski definition) is 3. The van der Waals surface area contributed by atoms with E-state index in [4.69, 9.17) is 4.74 Å². The van der Waals surface area contributed by atoms with Gasteiger partial charge in [-0.3, -0.25) is 0 Å². The molecule has 0 saturated carbocycles. The maximum Gasteiger partial charge on any atom is 0.142 e. The van der Waals surface area contributed by atoms with Crippen molar-refractivity contribution in [2.24, 2.45) is 5.92 Å². The summed E-state index contributed by atoms with van der Waals surface area (Å²) in [5.74, 6) is 1.58. The lowest BCUT2D eigenvalue weighted by Gasteiger charge is -2.25. The highest BCUT2D eigenvalue weighted by atomic mass is 16.5. The van der Waals surface area contributed by atoms with Gasteiger partial charge in [-0.1, -0.05) is 32.1 Å². The lowest BCUT2D eigenvalue weighted by Crippen LogP contribution is -2.24. The zero-order chi connectivity index (χ0) is 16.4. The van der Waals surface area contributed by atoms with Gasteiger partial charge >= 0.3 is 0 Å². The molecule has 3 heteroatoms. The Bertz CT molecular complexity index is 459. The Hall–Kier alpha value is -1.74. The van der Waals surface area contributed by atoms with E-state index in [1.54, 1.807) is 0 Å². The Labute approximate surface area is 135 Å². The highest BCUT2D eigenvalue weighted by molar-refractivity contribution is 5.60. The normalized spacial score (nSPS) is 10.5. The van der Waals surface area contributed by atoms with Crippen LogP contribution in [0.1, 0.15) is 26.3 Å². The van der Waals surface area contributed by atoms with Crippen molar-refractivity contribution in [3.8, 4) is 5.75 Å². The first-order valence-corrected chi connectivity index (χ1v) is 8.05. The summed E-state index contributed by atoms with van der Waals surface area (Å²) < 4.78 is 5.84. The molecule has 0 aliphatic rings. The van der Waals surface area contributed by atoms with Crippen molar-refractivity contribution >= 4 is 5.69 Å². The molecular formula is C19H30N2O. The smallest absolute Gasteiger partial charge is 0.142 e. The van der Waals surface area contributed by atoms with E-state index in [2.05, 4.69) is 55.4 Å². The average molecular weight is 302 g/mol. The molecule has 0 aliphatic heterocycles. The second kappa shape index (κ2) is 10.1. The zero-order valence-electron chi connectivity index (χ0n) is 14.3. The molecule has 3 nitrogen and oxygen atoms in total. The van der Waals surface area contributed by atoms with Crippen molar-refractivity contribution in [3.63, 3.8) is 0 Å². The SMILES string of the molecule is C=CCN(CC=C)c1ccc(CNCC(C)C)cc1OCC. The summed E-state index contributed by atoms with van der Waals surface area (Å²) in [5, 5.41) is 3.47. The molecule has 0 fully saturated rings. The first-order valence-electron chi connectivity index (χ1n) is 8.05. The molecule has 0 aromatic heterocycles. The van der Waals surface area contributed by atoms with Crippen molar-refractivity contribution in [2.45, 2.75) is 27.3 Å². The number of nitrogens with zero attached hydrogens (tertiary/aromatic N) is 1. The van der Waals surface area contributed by atoms with E-state index in [0.29, 0.717) is 12.5 Å². The van der Waals surface area contributed by atoms with Crippen LogP contribution in [0.5, 0.6) is 5.75 Å². The summed E-state index contributed by atoms with van der Waals surface area (Å²) in [7, 11) is 0. The quantitative estimate of drug-likeness (QED) is 0.625. The van der Waals surface area contributed by atoms with E-state index in [0.717, 1.165) is 37.6 Å². The zero-order valence-corrected chi connectivity index (χ0v) is 14.3. The third kappa shape index (κ3) is 5.94. The second-order valence-corrected chi connectivity index (χ2v) is 5.74. The predicted molar refractivity (Wildman–Crippen MR) is 96.8 cm³/mol. The molecule has 0 atom stereocenters. The van der Waals surface area contributed by atoms with Crippen LogP contribution in [-0.4, -0.2) is 26.2 Å². The minimum absolute atomic E-state index is 0.654. The van der Waals surface area contributed by atoms with Gasteiger partial charge in [0, 0.05) is 19.6 Å². The van der Waals surface area contributed by atoms with Gasteiger partial charge in [-0.05, 0) is 37.1 Å². The molecule has 0 bridgehead atoms. The highest BCUT2D eigenvalue weighted by Crippen LogP contribution is 2.30. The summed E-state index contributed by atoms with van der Waals surface area (Å²) in [6.45, 7) is 18.2. The fourth-order valence-corrected chi connectivity index (χ4v) is 2.29. The Morgan fingerprint density at radius 1 is 1.23 bits per heavy atom. The molecule has 0 unspecified atom stereocenters. The van der Waals surface area contributed by atoms with Gasteiger partial charge in [0.15, 0.2) is 0 Å². The molecule has 0 aliphatic carbocycles. The van der Waals surface area contributed by atoms with E-state index < -0.39 is 0 Å². The first kappa shape index (κ1) is 18.3. The summed E-state index contributed by atoms with van der Waals surface area (Å²) >= 11 is 0. The lowest BCUT2D eigenvalue weighted by molar-refractivity contribution is 0.340. The molecule has 22 heavy (non-hydrogen) atoms. The molecule has 0 saturated heterocycles. The van der Waals surface area contributed by atoms with Crippen LogP contribution < -0.4 is 15.0 Å². The molecule has 122 valence electrons. The summed E-state index contributed by atoms with van der Waals surface area (Å²) in [6.07, 6.45) is 3.80. The van der Waals surface area contributed by atoms with Gasteiger partial charge in [-0.2, -0.15) is 0 Å². The van der Waals surface area contributed by atoms with E-state index in [9.17, 15) is 0 Å². The van der Waals surface area contributed by atoms with Crippen LogP contribution in [-0.2, 0) is 6.54 Å². The largest absolute Gasteiger partial charge is 0.492 e. The monoisotopic (exact) mass is 302 g/mol. The second-order valence-electron chi connectivity index (χ2n) is 5.74. The van der Waals surface area contributed by atoms with Crippen molar-refractivity contribution in [3.05, 3.63) is 49.1 Å². The number of benzene rings is 1. The van der Waals surface area contributed by atoms with Gasteiger partial charge in [0.2, 0.25) is 0 Å². The molecule has 1 aromatic rings. The number of nitrogens with one attached hydrogen (secondary N) is 1. The van der Waals surface area contributed by atoms with Gasteiger partial charge in [0.25, 0.3) is 0 Å². The minimum atomic E-state index is 0.654.